The van der Waals surface area contributed by atoms with Crippen LogP contribution >= 0.6 is 0 Å². The maximum absolute atomic E-state index is 14.9. The molecular formula is C17H18BF2N3O5S. The first kappa shape index (κ1) is 21.3. The molecule has 0 radical (unpaired) electrons. The molecule has 4 N–H and O–H groups in total. The number of carbonyl (C=O) groups excluding carboxylic acids is 1. The minimum Gasteiger partial charge on any atom is -0.423 e. The van der Waals surface area contributed by atoms with Gasteiger partial charge in [0, 0.05) is 28.8 Å². The van der Waals surface area contributed by atoms with Crippen molar-refractivity contribution in [2.24, 2.45) is 0 Å². The third-order valence-corrected chi connectivity index (χ3v) is 6.02. The number of pyridine rings is 1. The fourth-order valence-electron chi connectivity index (χ4n) is 3.06. The van der Waals surface area contributed by atoms with E-state index in [1.165, 1.54) is 18.5 Å². The van der Waals surface area contributed by atoms with E-state index in [1.54, 1.807) is 6.92 Å². The molecule has 3 rings (SSSR count). The number of sulfonamides is 1. The Morgan fingerprint density at radius 2 is 2.14 bits per heavy atom. The first-order valence-electron chi connectivity index (χ1n) is 8.78. The lowest BCUT2D eigenvalue weighted by molar-refractivity contribution is 0.103. The van der Waals surface area contributed by atoms with E-state index < -0.39 is 46.2 Å². The molecule has 0 aromatic carbocycles. The van der Waals surface area contributed by atoms with Crippen molar-refractivity contribution in [2.75, 3.05) is 5.75 Å². The normalized spacial score (nSPS) is 17.6. The number of halogens is 2. The van der Waals surface area contributed by atoms with Gasteiger partial charge >= 0.3 is 7.12 Å². The molecule has 0 amide bonds. The Balaban J connectivity index is 2.02. The number of fused-ring (bicyclic) bond motifs is 1. The quantitative estimate of drug-likeness (QED) is 0.380. The molecule has 0 spiro atoms. The molecule has 0 saturated heterocycles. The highest BCUT2D eigenvalue weighted by atomic mass is 32.2. The van der Waals surface area contributed by atoms with Crippen LogP contribution in [0.3, 0.4) is 0 Å². The third-order valence-electron chi connectivity index (χ3n) is 4.43. The average molecular weight is 425 g/mol. The summed E-state index contributed by atoms with van der Waals surface area (Å²) in [5, 5.41) is 18.7. The van der Waals surface area contributed by atoms with Crippen molar-refractivity contribution >= 4 is 39.4 Å². The van der Waals surface area contributed by atoms with Crippen LogP contribution < -0.4 is 10.2 Å². The second-order valence-corrected chi connectivity index (χ2v) is 8.44. The number of nitrogens with zero attached hydrogens (tertiary/aromatic N) is 1. The van der Waals surface area contributed by atoms with Gasteiger partial charge in [0.25, 0.3) is 0 Å². The largest absolute Gasteiger partial charge is 0.490 e. The van der Waals surface area contributed by atoms with Crippen molar-refractivity contribution in [3.05, 3.63) is 47.3 Å². The van der Waals surface area contributed by atoms with Crippen molar-refractivity contribution in [1.82, 2.24) is 14.7 Å². The van der Waals surface area contributed by atoms with Crippen LogP contribution in [0.5, 0.6) is 0 Å². The number of aromatic nitrogens is 2. The highest BCUT2D eigenvalue weighted by molar-refractivity contribution is 7.89. The first-order chi connectivity index (χ1) is 13.6. The SMILES string of the molecule is CCCS(=O)(=O)NC1CC=C(F)C(C(=O)c2c[nH]c3ncc(B(O)O)cc23)=C1F. The average Bonchev–Trinajstić information content (AvgIpc) is 3.07. The summed E-state index contributed by atoms with van der Waals surface area (Å²) in [7, 11) is -5.64. The molecule has 1 aliphatic carbocycles. The number of allylic oxidation sites excluding steroid dienone is 2. The lowest BCUT2D eigenvalue weighted by Crippen LogP contribution is -2.38. The summed E-state index contributed by atoms with van der Waals surface area (Å²) in [6, 6.07) is -0.121. The summed E-state index contributed by atoms with van der Waals surface area (Å²) in [6.45, 7) is 1.64. The van der Waals surface area contributed by atoms with Crippen LogP contribution in [0.2, 0.25) is 0 Å². The van der Waals surface area contributed by atoms with E-state index in [-0.39, 0.29) is 34.2 Å². The maximum Gasteiger partial charge on any atom is 0.490 e. The topological polar surface area (TPSA) is 132 Å². The molecule has 0 saturated carbocycles. The van der Waals surface area contributed by atoms with Crippen molar-refractivity contribution in [1.29, 1.82) is 0 Å². The zero-order valence-corrected chi connectivity index (χ0v) is 16.1. The zero-order valence-electron chi connectivity index (χ0n) is 15.3. The Bertz CT molecular complexity index is 1130. The number of H-pyrrole nitrogens is 1. The molecule has 154 valence electrons. The Morgan fingerprint density at radius 3 is 2.79 bits per heavy atom. The Morgan fingerprint density at radius 1 is 1.41 bits per heavy atom. The van der Waals surface area contributed by atoms with Crippen LogP contribution in [-0.2, 0) is 10.0 Å². The molecule has 1 atom stereocenters. The van der Waals surface area contributed by atoms with Crippen LogP contribution in [0.4, 0.5) is 8.78 Å². The molecule has 0 fully saturated rings. The predicted octanol–water partition coefficient (Wildman–Crippen LogP) is 0.604. The van der Waals surface area contributed by atoms with Gasteiger partial charge in [-0.1, -0.05) is 6.92 Å². The van der Waals surface area contributed by atoms with Crippen LogP contribution in [0.15, 0.2) is 41.8 Å². The van der Waals surface area contributed by atoms with Crippen LogP contribution in [-0.4, -0.2) is 53.1 Å². The molecule has 1 aliphatic rings. The van der Waals surface area contributed by atoms with Gasteiger partial charge in [-0.25, -0.2) is 26.9 Å². The molecular weight excluding hydrogens is 407 g/mol. The Kier molecular flexibility index (Phi) is 5.99. The van der Waals surface area contributed by atoms with Gasteiger partial charge in [0.1, 0.15) is 17.3 Å². The minimum absolute atomic E-state index is 0.00883. The smallest absolute Gasteiger partial charge is 0.423 e. The van der Waals surface area contributed by atoms with Gasteiger partial charge in [0.15, 0.2) is 0 Å². The van der Waals surface area contributed by atoms with E-state index in [9.17, 15) is 32.0 Å². The number of nitrogens with one attached hydrogen (secondary N) is 2. The van der Waals surface area contributed by atoms with E-state index in [4.69, 9.17) is 0 Å². The van der Waals surface area contributed by atoms with Crippen LogP contribution in [0, 0.1) is 0 Å². The summed E-state index contributed by atoms with van der Waals surface area (Å²) in [5.74, 6) is -3.56. The van der Waals surface area contributed by atoms with Gasteiger partial charge in [-0.05, 0) is 25.0 Å². The van der Waals surface area contributed by atoms with Crippen molar-refractivity contribution < 1.29 is 32.0 Å². The number of ketones is 1. The monoisotopic (exact) mass is 425 g/mol. The van der Waals surface area contributed by atoms with E-state index >= 15 is 0 Å². The Labute approximate surface area is 165 Å². The number of hydrogen-bond donors (Lipinski definition) is 4. The lowest BCUT2D eigenvalue weighted by atomic mass is 9.81. The molecule has 2 heterocycles. The molecule has 1 unspecified atom stereocenters. The van der Waals surface area contributed by atoms with Crippen LogP contribution in [0.25, 0.3) is 11.0 Å². The van der Waals surface area contributed by atoms with Crippen molar-refractivity contribution in [3.8, 4) is 0 Å². The zero-order chi connectivity index (χ0) is 21.3. The van der Waals surface area contributed by atoms with Gasteiger partial charge in [-0.3, -0.25) is 4.79 Å². The molecule has 29 heavy (non-hydrogen) atoms. The molecule has 2 aromatic rings. The molecule has 0 aliphatic heterocycles. The highest BCUT2D eigenvalue weighted by Crippen LogP contribution is 2.32. The molecule has 12 heteroatoms. The van der Waals surface area contributed by atoms with Gasteiger partial charge in [-0.15, -0.1) is 0 Å². The third kappa shape index (κ3) is 4.30. The van der Waals surface area contributed by atoms with E-state index in [2.05, 4.69) is 14.7 Å². The number of rotatable bonds is 7. The molecule has 8 nitrogen and oxygen atoms in total. The van der Waals surface area contributed by atoms with Gasteiger partial charge in [0.05, 0.1) is 17.4 Å². The Hall–Kier alpha value is -2.41. The summed E-state index contributed by atoms with van der Waals surface area (Å²) in [4.78, 5) is 19.5. The van der Waals surface area contributed by atoms with Crippen LogP contribution in [0.1, 0.15) is 30.1 Å². The standard InChI is InChI=1S/C17H18BF2N3O5S/c1-2-5-29(27,28)23-13-4-3-12(19)14(15(13)20)16(24)11-8-22-17-10(11)6-9(7-21-17)18(25)26/h3,6-8,13,23,25-26H,2,4-5H2,1H3,(H,21,22). The summed E-state index contributed by atoms with van der Waals surface area (Å²) in [6.07, 6.45) is 3.37. The number of carbonyl (C=O) groups is 1. The predicted molar refractivity (Wildman–Crippen MR) is 103 cm³/mol. The fourth-order valence-corrected chi connectivity index (χ4v) is 4.35. The van der Waals surface area contributed by atoms with E-state index in [0.717, 1.165) is 6.08 Å². The van der Waals surface area contributed by atoms with Gasteiger partial charge in [0.2, 0.25) is 15.8 Å². The van der Waals surface area contributed by atoms with Crippen molar-refractivity contribution in [2.45, 2.75) is 25.8 Å². The van der Waals surface area contributed by atoms with E-state index in [0.29, 0.717) is 6.42 Å². The van der Waals surface area contributed by atoms with Crippen molar-refractivity contribution in [3.63, 3.8) is 0 Å². The minimum atomic E-state index is -3.79. The number of hydrogen-bond acceptors (Lipinski definition) is 6. The summed E-state index contributed by atoms with van der Waals surface area (Å²) >= 11 is 0. The van der Waals surface area contributed by atoms with Gasteiger partial charge in [-0.2, -0.15) is 0 Å². The molecule has 0 bridgehead atoms. The summed E-state index contributed by atoms with van der Waals surface area (Å²) < 4.78 is 55.3. The highest BCUT2D eigenvalue weighted by Gasteiger charge is 2.33. The first-order valence-corrected chi connectivity index (χ1v) is 10.4. The second kappa shape index (κ2) is 8.15. The second-order valence-electron chi connectivity index (χ2n) is 6.57. The lowest BCUT2D eigenvalue weighted by Gasteiger charge is -2.21. The van der Waals surface area contributed by atoms with E-state index in [1.807, 2.05) is 0 Å². The molecule has 2 aromatic heterocycles. The number of Topliss-reactive ketones (excluding diaryl/α,β-unsaturated/α-hetero) is 1. The number of aromatic amines is 1. The maximum atomic E-state index is 14.9. The van der Waals surface area contributed by atoms with Gasteiger partial charge < -0.3 is 15.0 Å². The fraction of sp³-hybridized carbons (Fsp3) is 0.294. The summed E-state index contributed by atoms with van der Waals surface area (Å²) in [5.41, 5.74) is -0.818.